The molecule has 1 heterocycles. The van der Waals surface area contributed by atoms with Crippen LogP contribution in [0.25, 0.3) is 0 Å². The second-order valence-corrected chi connectivity index (χ2v) is 9.60. The van der Waals surface area contributed by atoms with E-state index in [0.717, 1.165) is 0 Å². The lowest BCUT2D eigenvalue weighted by Gasteiger charge is -2.27. The monoisotopic (exact) mass is 727 g/mol. The number of amides is 8. The maximum atomic E-state index is 13.0. The van der Waals surface area contributed by atoms with Crippen LogP contribution in [-0.2, 0) is 38.4 Å². The first kappa shape index (κ1) is 64.2. The summed E-state index contributed by atoms with van der Waals surface area (Å²) < 4.78 is 0. The Morgan fingerprint density at radius 2 is 0.840 bits per heavy atom. The Morgan fingerprint density at radius 1 is 0.540 bits per heavy atom. The average Bonchev–Trinajstić information content (AvgIpc) is 2.94. The van der Waals surface area contributed by atoms with Crippen molar-refractivity contribution in [2.24, 2.45) is 5.73 Å². The average molecular weight is 727 g/mol. The van der Waals surface area contributed by atoms with E-state index in [1.807, 2.05) is 0 Å². The second-order valence-electron chi connectivity index (χ2n) is 9.60. The minimum atomic E-state index is -1.37. The van der Waals surface area contributed by atoms with Crippen LogP contribution in [0, 0.1) is 0 Å². The molecule has 11 N–H and O–H groups in total. The van der Waals surface area contributed by atoms with Gasteiger partial charge in [0, 0.05) is 26.1 Å². The third-order valence-corrected chi connectivity index (χ3v) is 6.06. The van der Waals surface area contributed by atoms with Gasteiger partial charge in [0.25, 0.3) is 0 Å². The van der Waals surface area contributed by atoms with Crippen LogP contribution in [-0.4, -0.2) is 117 Å². The molecule has 0 spiro atoms. The summed E-state index contributed by atoms with van der Waals surface area (Å²) in [6, 6.07) is -7.66. The van der Waals surface area contributed by atoms with Crippen molar-refractivity contribution in [3.05, 3.63) is 0 Å². The van der Waals surface area contributed by atoms with E-state index >= 15 is 0 Å². The third-order valence-electron chi connectivity index (χ3n) is 6.06. The second kappa shape index (κ2) is 31.9. The quantitative estimate of drug-likeness (QED) is 0.144. The van der Waals surface area contributed by atoms with Crippen LogP contribution in [0.4, 0.5) is 0 Å². The predicted molar refractivity (Wildman–Crippen MR) is 202 cm³/mol. The maximum absolute atomic E-state index is 13.0. The largest absolute Gasteiger partial charge is 0.354 e. The molecule has 300 valence electrons. The lowest BCUT2D eigenvalue weighted by atomic mass is 10.1. The van der Waals surface area contributed by atoms with E-state index in [4.69, 9.17) is 5.73 Å². The van der Waals surface area contributed by atoms with Gasteiger partial charge in [-0.25, -0.2) is 0 Å². The molecule has 1 saturated heterocycles. The number of hydrogen-bond donors (Lipinski definition) is 10. The van der Waals surface area contributed by atoms with Crippen molar-refractivity contribution in [1.82, 2.24) is 47.9 Å². The zero-order valence-electron chi connectivity index (χ0n) is 24.3. The van der Waals surface area contributed by atoms with Crippen LogP contribution < -0.4 is 53.6 Å². The van der Waals surface area contributed by atoms with Crippen molar-refractivity contribution in [1.29, 1.82) is 0 Å². The summed E-state index contributed by atoms with van der Waals surface area (Å²) in [5, 5.41) is 22.0. The van der Waals surface area contributed by atoms with E-state index in [2.05, 4.69) is 47.9 Å². The van der Waals surface area contributed by atoms with Gasteiger partial charge in [0.15, 0.2) is 0 Å². The topological polar surface area (TPSA) is 271 Å². The van der Waals surface area contributed by atoms with Gasteiger partial charge in [-0.2, -0.15) is 0 Å². The molecule has 50 heavy (non-hydrogen) atoms. The van der Waals surface area contributed by atoms with E-state index < -0.39 is 83.5 Å². The highest BCUT2D eigenvalue weighted by atomic mass is 16.2. The van der Waals surface area contributed by atoms with Gasteiger partial charge in [0.2, 0.25) is 47.3 Å². The first-order chi connectivity index (χ1) is 19.7. The molecule has 1 rings (SSSR count). The van der Waals surface area contributed by atoms with Gasteiger partial charge in [-0.1, -0.05) is 66.3 Å². The van der Waals surface area contributed by atoms with Crippen molar-refractivity contribution >= 4 is 47.3 Å². The fourth-order valence-corrected chi connectivity index (χ4v) is 3.46. The molecule has 8 amide bonds. The molecular formula is C32H74N10O8. The third kappa shape index (κ3) is 21.6. The van der Waals surface area contributed by atoms with E-state index in [9.17, 15) is 38.4 Å². The summed E-state index contributed by atoms with van der Waals surface area (Å²) in [6.45, 7) is 4.44. The van der Waals surface area contributed by atoms with E-state index in [1.54, 1.807) is 6.92 Å². The van der Waals surface area contributed by atoms with Crippen LogP contribution in [0.2, 0.25) is 0 Å². The maximum Gasteiger partial charge on any atom is 0.245 e. The molecule has 0 aliphatic carbocycles. The van der Waals surface area contributed by atoms with Crippen molar-refractivity contribution in [3.8, 4) is 0 Å². The van der Waals surface area contributed by atoms with Gasteiger partial charge in [0.1, 0.15) is 36.3 Å². The molecular weight excluding hydrogens is 652 g/mol. The minimum Gasteiger partial charge on any atom is -0.354 e. The molecule has 0 aromatic heterocycles. The molecule has 6 atom stereocenters. The number of nitrogens with two attached hydrogens (primary N) is 1. The number of hydrogen-bond acceptors (Lipinski definition) is 10. The lowest BCUT2D eigenvalue weighted by Crippen LogP contribution is -2.63. The zero-order valence-corrected chi connectivity index (χ0v) is 24.3. The highest BCUT2D eigenvalue weighted by Gasteiger charge is 2.32. The fraction of sp³-hybridized carbons (Fsp3) is 0.750. The fourth-order valence-electron chi connectivity index (χ4n) is 3.46. The Labute approximate surface area is 302 Å². The van der Waals surface area contributed by atoms with Crippen molar-refractivity contribution in [2.45, 2.75) is 130 Å². The molecule has 18 heteroatoms. The van der Waals surface area contributed by atoms with Crippen LogP contribution in [0.3, 0.4) is 0 Å². The molecule has 0 radical (unpaired) electrons. The molecule has 1 fully saturated rings. The van der Waals surface area contributed by atoms with E-state index in [0.29, 0.717) is 0 Å². The van der Waals surface area contributed by atoms with Crippen LogP contribution in [0.15, 0.2) is 0 Å². The zero-order chi connectivity index (χ0) is 32.0. The number of nitrogens with one attached hydrogen (secondary N) is 9. The van der Waals surface area contributed by atoms with Gasteiger partial charge in [0.05, 0.1) is 6.54 Å². The van der Waals surface area contributed by atoms with Gasteiger partial charge < -0.3 is 53.6 Å². The summed E-state index contributed by atoms with van der Waals surface area (Å²) in [6.07, 6.45) is 0.104. The molecule has 1 aliphatic rings. The summed E-state index contributed by atoms with van der Waals surface area (Å²) >= 11 is 0. The van der Waals surface area contributed by atoms with Gasteiger partial charge in [-0.3, -0.25) is 38.4 Å². The minimum absolute atomic E-state index is 0. The molecule has 0 aromatic rings. The molecule has 0 saturated carbocycles. The molecule has 0 unspecified atom stereocenters. The smallest absolute Gasteiger partial charge is 0.245 e. The highest BCUT2D eigenvalue weighted by molar-refractivity contribution is 5.98. The van der Waals surface area contributed by atoms with Gasteiger partial charge >= 0.3 is 0 Å². The Hall–Kier alpha value is -4.32. The highest BCUT2D eigenvalue weighted by Crippen LogP contribution is 1.97. The molecule has 18 nitrogen and oxygen atoms in total. The first-order valence-corrected chi connectivity index (χ1v) is 13.4. The first-order valence-electron chi connectivity index (χ1n) is 13.4. The van der Waals surface area contributed by atoms with Crippen molar-refractivity contribution in [3.63, 3.8) is 0 Å². The summed E-state index contributed by atoms with van der Waals surface area (Å²) in [7, 11) is 1.54. The Morgan fingerprint density at radius 3 is 1.14 bits per heavy atom. The SMILES string of the molecule is C.C.C.C.C.C.C.C.CCC(=O)NC[C@@H]1NC(=O)[C@@H](C)NC(=O)[C@H](CN)NC(=O)[C@@H](C)NC(=O)[C@H](CNC(=O)CNC)NC(=O)[C@@H](C)NC1=O. The lowest BCUT2D eigenvalue weighted by molar-refractivity contribution is -0.136. The Balaban J connectivity index is -0.000000367. The van der Waals surface area contributed by atoms with Gasteiger partial charge in [-0.05, 0) is 27.8 Å². The normalized spacial score (nSPS) is 22.4. The summed E-state index contributed by atoms with van der Waals surface area (Å²) in [5.74, 6) is -5.79. The molecule has 1 aliphatic heterocycles. The standard InChI is InChI=1S/C24H42N10O8.8CH4/c1-6-17(35)27-8-15-23(41)31-13(4)21(39)34-16(9-28-18(36)10-26-5)24(42)30-11(2)19(37)32-14(7-25)22(40)29-12(3)20(38)33-15;;;;;;;;/h11-16,26H,6-10,25H2,1-5H3,(H,27,35)(H,28,36)(H,29,40)(H,30,42)(H,31,41)(H,32,37)(H,33,38)(H,34,39);8*1H4/t11-,12-,13-,14+,15+,16+;;;;;;;;/m1......../s1. The molecule has 0 aromatic carbocycles. The Bertz CT molecular complexity index is 1040. The number of rotatable bonds is 8. The number of likely N-dealkylation sites (N-methyl/N-ethyl adjacent to an activating group) is 1. The van der Waals surface area contributed by atoms with Crippen LogP contribution in [0.5, 0.6) is 0 Å². The van der Waals surface area contributed by atoms with E-state index in [1.165, 1.54) is 27.8 Å². The van der Waals surface area contributed by atoms with E-state index in [-0.39, 0.29) is 92.0 Å². The number of carbonyl (C=O) groups is 8. The van der Waals surface area contributed by atoms with Crippen LogP contribution >= 0.6 is 0 Å². The predicted octanol–water partition coefficient (Wildman–Crippen LogP) is -1.12. The summed E-state index contributed by atoms with van der Waals surface area (Å²) in [5.41, 5.74) is 5.64. The molecule has 0 bridgehead atoms. The number of carbonyl (C=O) groups excluding carboxylic acids is 8. The van der Waals surface area contributed by atoms with Crippen molar-refractivity contribution < 1.29 is 38.4 Å². The summed E-state index contributed by atoms with van der Waals surface area (Å²) in [4.78, 5) is 101. The van der Waals surface area contributed by atoms with Crippen molar-refractivity contribution in [2.75, 3.05) is 33.2 Å². The Kier molecular flexibility index (Phi) is 41.0. The van der Waals surface area contributed by atoms with Crippen LogP contribution in [0.1, 0.15) is 93.5 Å². The van der Waals surface area contributed by atoms with Gasteiger partial charge in [-0.15, -0.1) is 0 Å².